The van der Waals surface area contributed by atoms with Gasteiger partial charge in [0.05, 0.1) is 0 Å². The Kier molecular flexibility index (Phi) is 4.74. The van der Waals surface area contributed by atoms with E-state index in [2.05, 4.69) is 9.97 Å². The van der Waals surface area contributed by atoms with Gasteiger partial charge in [-0.15, -0.1) is 0 Å². The van der Waals surface area contributed by atoms with Gasteiger partial charge in [0.1, 0.15) is 11.8 Å². The Labute approximate surface area is 129 Å². The molecule has 0 aliphatic heterocycles. The number of aryl methyl sites for hydroxylation is 2. The Morgan fingerprint density at radius 1 is 1.14 bits per heavy atom. The monoisotopic (exact) mass is 306 g/mol. The van der Waals surface area contributed by atoms with Gasteiger partial charge in [-0.05, 0) is 38.5 Å². The first-order chi connectivity index (χ1) is 10.3. The average molecular weight is 306 g/mol. The van der Waals surface area contributed by atoms with E-state index in [0.717, 1.165) is 18.2 Å². The van der Waals surface area contributed by atoms with Crippen LogP contribution in [0.2, 0.25) is 0 Å². The molecule has 2 aromatic rings. The van der Waals surface area contributed by atoms with Crippen molar-refractivity contribution in [3.8, 4) is 5.88 Å². The summed E-state index contributed by atoms with van der Waals surface area (Å²) in [6.07, 6.45) is 0.465. The predicted molar refractivity (Wildman–Crippen MR) is 81.3 cm³/mol. The molecule has 0 amide bonds. The number of halogens is 2. The number of nitrogens with zero attached hydrogens (tertiary/aromatic N) is 2. The second-order valence-corrected chi connectivity index (χ2v) is 5.58. The fraction of sp³-hybridized carbons (Fsp3) is 0.412. The van der Waals surface area contributed by atoms with Gasteiger partial charge >= 0.3 is 0 Å². The van der Waals surface area contributed by atoms with Crippen LogP contribution >= 0.6 is 0 Å². The van der Waals surface area contributed by atoms with Gasteiger partial charge in [0.2, 0.25) is 5.88 Å². The molecule has 1 atom stereocenters. The summed E-state index contributed by atoms with van der Waals surface area (Å²) in [6, 6.07) is 8.65. The Balaban J connectivity index is 2.07. The first-order valence-electron chi connectivity index (χ1n) is 7.21. The van der Waals surface area contributed by atoms with Crippen molar-refractivity contribution in [3.63, 3.8) is 0 Å². The summed E-state index contributed by atoms with van der Waals surface area (Å²) in [5.74, 6) is -2.36. The maximum absolute atomic E-state index is 13.3. The Morgan fingerprint density at radius 2 is 1.86 bits per heavy atom. The highest BCUT2D eigenvalue weighted by Gasteiger charge is 2.26. The van der Waals surface area contributed by atoms with Gasteiger partial charge in [-0.2, -0.15) is 8.78 Å². The summed E-state index contributed by atoms with van der Waals surface area (Å²) in [6.45, 7) is 6.41. The van der Waals surface area contributed by atoms with Crippen LogP contribution in [-0.4, -0.2) is 16.1 Å². The summed E-state index contributed by atoms with van der Waals surface area (Å²) < 4.78 is 32.3. The molecular weight excluding hydrogens is 286 g/mol. The van der Waals surface area contributed by atoms with Gasteiger partial charge in [-0.1, -0.05) is 12.1 Å². The van der Waals surface area contributed by atoms with Gasteiger partial charge in [0, 0.05) is 30.8 Å². The lowest BCUT2D eigenvalue weighted by molar-refractivity contribution is 0.0126. The fourth-order valence-electron chi connectivity index (χ4n) is 2.19. The highest BCUT2D eigenvalue weighted by atomic mass is 19.3. The molecule has 0 bridgehead atoms. The van der Waals surface area contributed by atoms with Gasteiger partial charge in [0.15, 0.2) is 0 Å². The van der Waals surface area contributed by atoms with Crippen molar-refractivity contribution < 1.29 is 13.5 Å². The molecule has 2 rings (SSSR count). The number of hydrogen-bond acceptors (Lipinski definition) is 3. The fourth-order valence-corrected chi connectivity index (χ4v) is 2.19. The van der Waals surface area contributed by atoms with Gasteiger partial charge in [-0.3, -0.25) is 4.98 Å². The van der Waals surface area contributed by atoms with E-state index in [1.807, 2.05) is 26.0 Å². The summed E-state index contributed by atoms with van der Waals surface area (Å²) in [5.41, 5.74) is 2.18. The smallest absolute Gasteiger partial charge is 0.286 e. The van der Waals surface area contributed by atoms with Crippen LogP contribution < -0.4 is 4.74 Å². The largest absolute Gasteiger partial charge is 0.474 e. The third-order valence-corrected chi connectivity index (χ3v) is 3.34. The second-order valence-electron chi connectivity index (χ2n) is 5.58. The highest BCUT2D eigenvalue weighted by molar-refractivity contribution is 5.25. The number of hydrogen-bond donors (Lipinski definition) is 0. The minimum atomic E-state index is -2.92. The lowest BCUT2D eigenvalue weighted by atomic mass is 10.1. The highest BCUT2D eigenvalue weighted by Crippen LogP contribution is 2.26. The predicted octanol–water partition coefficient (Wildman–Crippen LogP) is 4.22. The SMILES string of the molecule is Cc1cccc(OC(C)Cc2ccc(C(C)(F)F)nc2C)n1. The average Bonchev–Trinajstić information content (AvgIpc) is 2.39. The van der Waals surface area contributed by atoms with E-state index in [9.17, 15) is 8.78 Å². The van der Waals surface area contributed by atoms with E-state index in [0.29, 0.717) is 18.0 Å². The maximum atomic E-state index is 13.3. The topological polar surface area (TPSA) is 35.0 Å². The molecule has 22 heavy (non-hydrogen) atoms. The summed E-state index contributed by atoms with van der Waals surface area (Å²) in [4.78, 5) is 8.28. The molecule has 0 radical (unpaired) electrons. The van der Waals surface area contributed by atoms with Crippen molar-refractivity contribution in [2.45, 2.75) is 46.1 Å². The molecule has 0 aliphatic rings. The van der Waals surface area contributed by atoms with Crippen LogP contribution in [0, 0.1) is 13.8 Å². The van der Waals surface area contributed by atoms with E-state index >= 15 is 0 Å². The van der Waals surface area contributed by atoms with Crippen molar-refractivity contribution in [3.05, 3.63) is 53.0 Å². The summed E-state index contributed by atoms with van der Waals surface area (Å²) in [7, 11) is 0. The van der Waals surface area contributed by atoms with Crippen molar-refractivity contribution in [2.24, 2.45) is 0 Å². The standard InChI is InChI=1S/C17H20F2N2O/c1-11-6-5-7-16(20-11)22-12(2)10-14-8-9-15(17(4,18)19)21-13(14)3/h5-9,12H,10H2,1-4H3. The molecule has 0 saturated carbocycles. The van der Waals surface area contributed by atoms with Crippen LogP contribution in [0.4, 0.5) is 8.78 Å². The minimum Gasteiger partial charge on any atom is -0.474 e. The maximum Gasteiger partial charge on any atom is 0.286 e. The first kappa shape index (κ1) is 16.3. The van der Waals surface area contributed by atoms with Crippen LogP contribution in [0.1, 0.15) is 36.5 Å². The lowest BCUT2D eigenvalue weighted by Crippen LogP contribution is -2.18. The molecule has 0 aliphatic carbocycles. The molecule has 2 aromatic heterocycles. The minimum absolute atomic E-state index is 0.122. The van der Waals surface area contributed by atoms with Crippen molar-refractivity contribution in [1.82, 2.24) is 9.97 Å². The molecule has 1 unspecified atom stereocenters. The van der Waals surface area contributed by atoms with E-state index in [1.54, 1.807) is 19.1 Å². The van der Waals surface area contributed by atoms with E-state index in [4.69, 9.17) is 4.74 Å². The molecular formula is C17H20F2N2O. The molecule has 3 nitrogen and oxygen atoms in total. The van der Waals surface area contributed by atoms with Gasteiger partial charge < -0.3 is 4.74 Å². The first-order valence-corrected chi connectivity index (χ1v) is 7.21. The van der Waals surface area contributed by atoms with Crippen molar-refractivity contribution >= 4 is 0 Å². The number of alkyl halides is 2. The molecule has 2 heterocycles. The lowest BCUT2D eigenvalue weighted by Gasteiger charge is -2.17. The number of aromatic nitrogens is 2. The number of pyridine rings is 2. The molecule has 0 N–H and O–H groups in total. The van der Waals surface area contributed by atoms with Gasteiger partial charge in [0.25, 0.3) is 5.92 Å². The zero-order valence-corrected chi connectivity index (χ0v) is 13.2. The van der Waals surface area contributed by atoms with Crippen LogP contribution in [-0.2, 0) is 12.3 Å². The van der Waals surface area contributed by atoms with Crippen LogP contribution in [0.25, 0.3) is 0 Å². The van der Waals surface area contributed by atoms with E-state index in [1.165, 1.54) is 6.07 Å². The van der Waals surface area contributed by atoms with E-state index in [-0.39, 0.29) is 11.8 Å². The number of ether oxygens (including phenoxy) is 1. The zero-order chi connectivity index (χ0) is 16.3. The quantitative estimate of drug-likeness (QED) is 0.830. The molecule has 0 aromatic carbocycles. The van der Waals surface area contributed by atoms with E-state index < -0.39 is 5.92 Å². The molecule has 0 saturated heterocycles. The molecule has 0 fully saturated rings. The number of rotatable bonds is 5. The molecule has 118 valence electrons. The van der Waals surface area contributed by atoms with Crippen LogP contribution in [0.15, 0.2) is 30.3 Å². The third kappa shape index (κ3) is 4.23. The summed E-state index contributed by atoms with van der Waals surface area (Å²) in [5, 5.41) is 0. The third-order valence-electron chi connectivity index (χ3n) is 3.34. The Morgan fingerprint density at radius 3 is 2.45 bits per heavy atom. The zero-order valence-electron chi connectivity index (χ0n) is 13.2. The Hall–Kier alpha value is -2.04. The van der Waals surface area contributed by atoms with Gasteiger partial charge in [-0.25, -0.2) is 4.98 Å². The normalized spacial score (nSPS) is 13.0. The van der Waals surface area contributed by atoms with Crippen LogP contribution in [0.5, 0.6) is 5.88 Å². The van der Waals surface area contributed by atoms with Crippen LogP contribution in [0.3, 0.4) is 0 Å². The summed E-state index contributed by atoms with van der Waals surface area (Å²) >= 11 is 0. The second kappa shape index (κ2) is 6.38. The molecule has 0 spiro atoms. The molecule has 5 heteroatoms. The van der Waals surface area contributed by atoms with Crippen molar-refractivity contribution in [1.29, 1.82) is 0 Å². The van der Waals surface area contributed by atoms with Crippen molar-refractivity contribution in [2.75, 3.05) is 0 Å². The Bertz CT molecular complexity index is 653.